The number of carbonyl (C=O) groups excluding carboxylic acids is 1. The van der Waals surface area contributed by atoms with Crippen LogP contribution >= 0.6 is 23.1 Å². The molecule has 8 heteroatoms. The Hall–Kier alpha value is -2.32. The lowest BCUT2D eigenvalue weighted by molar-refractivity contribution is -0.117. The van der Waals surface area contributed by atoms with Gasteiger partial charge in [0, 0.05) is 0 Å². The maximum Gasteiger partial charge on any atom is 0.235 e. The van der Waals surface area contributed by atoms with Crippen LogP contribution < -0.4 is 11.1 Å². The molecule has 6 nitrogen and oxygen atoms in total. The minimum Gasteiger partial charge on any atom is -0.467 e. The molecule has 0 bridgehead atoms. The Morgan fingerprint density at radius 1 is 1.26 bits per heavy atom. The average molecular weight is 346 g/mol. The van der Waals surface area contributed by atoms with Crippen LogP contribution in [-0.2, 0) is 11.3 Å². The van der Waals surface area contributed by atoms with Gasteiger partial charge in [-0.3, -0.25) is 4.79 Å². The summed E-state index contributed by atoms with van der Waals surface area (Å²) in [5.41, 5.74) is 6.37. The molecule has 23 heavy (non-hydrogen) atoms. The molecule has 3 N–H and O–H groups in total. The number of benzene rings is 1. The molecular formula is C15H14N4O2S2. The molecule has 2 heterocycles. The van der Waals surface area contributed by atoms with Crippen LogP contribution in [0.5, 0.6) is 0 Å². The summed E-state index contributed by atoms with van der Waals surface area (Å²) < 4.78 is 5.92. The van der Waals surface area contributed by atoms with Crippen molar-refractivity contribution in [2.45, 2.75) is 16.1 Å². The van der Waals surface area contributed by atoms with E-state index in [1.165, 1.54) is 23.1 Å². The zero-order valence-electron chi connectivity index (χ0n) is 12.0. The molecule has 0 aliphatic heterocycles. The summed E-state index contributed by atoms with van der Waals surface area (Å²) in [6.07, 6.45) is 1.62. The van der Waals surface area contributed by atoms with Crippen molar-refractivity contribution in [3.8, 4) is 0 Å². The third-order valence-corrected chi connectivity index (χ3v) is 5.22. The van der Waals surface area contributed by atoms with Gasteiger partial charge in [-0.25, -0.2) is 0 Å². The molecule has 0 aliphatic rings. The second-order valence-electron chi connectivity index (χ2n) is 4.62. The predicted octanol–water partition coefficient (Wildman–Crippen LogP) is 3.06. The highest BCUT2D eigenvalue weighted by molar-refractivity contribution is 8.01. The number of hydrogen-bond donors (Lipinski definition) is 2. The molecule has 1 aromatic carbocycles. The Morgan fingerprint density at radius 2 is 2.09 bits per heavy atom. The highest BCUT2D eigenvalue weighted by Gasteiger charge is 2.21. The third-order valence-electron chi connectivity index (χ3n) is 2.98. The Bertz CT molecular complexity index is 759. The fourth-order valence-corrected chi connectivity index (χ4v) is 3.81. The van der Waals surface area contributed by atoms with Crippen LogP contribution in [0.4, 0.5) is 5.13 Å². The number of nitrogens with two attached hydrogens (primary N) is 1. The van der Waals surface area contributed by atoms with Gasteiger partial charge in [-0.05, 0) is 17.7 Å². The first-order valence-corrected chi connectivity index (χ1v) is 8.52. The number of nitrogens with zero attached hydrogens (tertiary/aromatic N) is 2. The molecule has 0 saturated carbocycles. The van der Waals surface area contributed by atoms with E-state index in [4.69, 9.17) is 10.2 Å². The Labute approximate surface area is 141 Å². The highest BCUT2D eigenvalue weighted by atomic mass is 32.2. The number of hydrogen-bond acceptors (Lipinski definition) is 7. The first kappa shape index (κ1) is 15.6. The minimum atomic E-state index is -0.484. The largest absolute Gasteiger partial charge is 0.467 e. The smallest absolute Gasteiger partial charge is 0.235 e. The summed E-state index contributed by atoms with van der Waals surface area (Å²) in [5.74, 6) is 0.412. The van der Waals surface area contributed by atoms with Crippen LogP contribution in [0.25, 0.3) is 0 Å². The fraction of sp³-hybridized carbons (Fsp3) is 0.133. The predicted molar refractivity (Wildman–Crippen MR) is 90.2 cm³/mol. The number of thioether (sulfide) groups is 1. The van der Waals surface area contributed by atoms with E-state index >= 15 is 0 Å². The standard InChI is InChI=1S/C15H14N4O2S2/c16-13(20)12(10-5-2-1-3-6-10)22-15-19-18-14(23-15)17-9-11-7-4-8-21-11/h1-8,12H,9H2,(H2,16,20)(H,17,18). The van der Waals surface area contributed by atoms with Gasteiger partial charge >= 0.3 is 0 Å². The lowest BCUT2D eigenvalue weighted by atomic mass is 10.1. The molecule has 0 aliphatic carbocycles. The van der Waals surface area contributed by atoms with E-state index in [1.807, 2.05) is 42.5 Å². The molecule has 3 aromatic rings. The van der Waals surface area contributed by atoms with E-state index in [0.717, 1.165) is 11.3 Å². The fourth-order valence-electron chi connectivity index (χ4n) is 1.92. The van der Waals surface area contributed by atoms with Gasteiger partial charge in [0.2, 0.25) is 11.0 Å². The van der Waals surface area contributed by atoms with Crippen molar-refractivity contribution in [3.05, 3.63) is 60.1 Å². The maximum atomic E-state index is 11.7. The normalized spacial score (nSPS) is 12.0. The quantitative estimate of drug-likeness (QED) is 0.639. The first-order chi connectivity index (χ1) is 11.2. The van der Waals surface area contributed by atoms with Crippen LogP contribution in [0.3, 0.4) is 0 Å². The molecule has 0 saturated heterocycles. The monoisotopic (exact) mass is 346 g/mol. The summed E-state index contributed by atoms with van der Waals surface area (Å²) >= 11 is 2.68. The minimum absolute atomic E-state index is 0.401. The first-order valence-electron chi connectivity index (χ1n) is 6.83. The summed E-state index contributed by atoms with van der Waals surface area (Å²) in [4.78, 5) is 11.7. The van der Waals surface area contributed by atoms with Gasteiger partial charge in [0.05, 0.1) is 12.8 Å². The van der Waals surface area contributed by atoms with Crippen molar-refractivity contribution in [1.29, 1.82) is 0 Å². The van der Waals surface area contributed by atoms with Crippen LogP contribution in [0.2, 0.25) is 0 Å². The van der Waals surface area contributed by atoms with Gasteiger partial charge < -0.3 is 15.5 Å². The van der Waals surface area contributed by atoms with Crippen LogP contribution in [0, 0.1) is 0 Å². The lowest BCUT2D eigenvalue weighted by Crippen LogP contribution is -2.18. The third kappa shape index (κ3) is 4.11. The highest BCUT2D eigenvalue weighted by Crippen LogP contribution is 2.37. The Morgan fingerprint density at radius 3 is 2.78 bits per heavy atom. The number of anilines is 1. The van der Waals surface area contributed by atoms with E-state index in [1.54, 1.807) is 6.26 Å². The van der Waals surface area contributed by atoms with Gasteiger partial charge in [0.1, 0.15) is 11.0 Å². The zero-order chi connectivity index (χ0) is 16.1. The van der Waals surface area contributed by atoms with E-state index in [9.17, 15) is 4.79 Å². The van der Waals surface area contributed by atoms with Crippen molar-refractivity contribution >= 4 is 34.1 Å². The van der Waals surface area contributed by atoms with E-state index in [-0.39, 0.29) is 0 Å². The number of nitrogens with one attached hydrogen (secondary N) is 1. The Kier molecular flexibility index (Phi) is 4.94. The second kappa shape index (κ2) is 7.30. The lowest BCUT2D eigenvalue weighted by Gasteiger charge is -2.10. The zero-order valence-corrected chi connectivity index (χ0v) is 13.6. The summed E-state index contributed by atoms with van der Waals surface area (Å²) in [6.45, 7) is 0.532. The van der Waals surface area contributed by atoms with Crippen LogP contribution in [0.15, 0.2) is 57.5 Å². The molecule has 2 aromatic heterocycles. The van der Waals surface area contributed by atoms with E-state index in [0.29, 0.717) is 16.0 Å². The molecule has 3 rings (SSSR count). The van der Waals surface area contributed by atoms with Gasteiger partial charge in [-0.2, -0.15) is 0 Å². The van der Waals surface area contributed by atoms with Crippen molar-refractivity contribution in [1.82, 2.24) is 10.2 Å². The molecule has 1 atom stereocenters. The molecule has 1 amide bonds. The molecule has 0 spiro atoms. The van der Waals surface area contributed by atoms with Crippen LogP contribution in [0.1, 0.15) is 16.6 Å². The van der Waals surface area contributed by atoms with Gasteiger partial charge in [0.15, 0.2) is 4.34 Å². The maximum absolute atomic E-state index is 11.7. The van der Waals surface area contributed by atoms with Gasteiger partial charge in [-0.1, -0.05) is 53.4 Å². The van der Waals surface area contributed by atoms with Gasteiger partial charge in [-0.15, -0.1) is 10.2 Å². The van der Waals surface area contributed by atoms with Crippen molar-refractivity contribution in [3.63, 3.8) is 0 Å². The van der Waals surface area contributed by atoms with Crippen molar-refractivity contribution < 1.29 is 9.21 Å². The van der Waals surface area contributed by atoms with Crippen molar-refractivity contribution in [2.24, 2.45) is 5.73 Å². The summed E-state index contributed by atoms with van der Waals surface area (Å²) in [7, 11) is 0. The summed E-state index contributed by atoms with van der Waals surface area (Å²) in [6, 6.07) is 13.1. The molecule has 1 unspecified atom stereocenters. The number of primary amides is 1. The molecular weight excluding hydrogens is 332 g/mol. The Balaban J connectivity index is 1.66. The molecule has 118 valence electrons. The van der Waals surface area contributed by atoms with E-state index in [2.05, 4.69) is 15.5 Å². The number of carbonyl (C=O) groups is 1. The van der Waals surface area contributed by atoms with Crippen molar-refractivity contribution in [2.75, 3.05) is 5.32 Å². The molecule has 0 radical (unpaired) electrons. The van der Waals surface area contributed by atoms with E-state index < -0.39 is 11.2 Å². The number of rotatable bonds is 7. The number of amides is 1. The number of furan rings is 1. The second-order valence-corrected chi connectivity index (χ2v) is 6.95. The summed E-state index contributed by atoms with van der Waals surface area (Å²) in [5, 5.41) is 11.5. The van der Waals surface area contributed by atoms with Crippen LogP contribution in [-0.4, -0.2) is 16.1 Å². The average Bonchev–Trinajstić information content (AvgIpc) is 3.23. The number of aromatic nitrogens is 2. The topological polar surface area (TPSA) is 94.0 Å². The SMILES string of the molecule is NC(=O)C(Sc1nnc(NCc2ccco2)s1)c1ccccc1. The molecule has 0 fully saturated rings. The van der Waals surface area contributed by atoms with Gasteiger partial charge in [0.25, 0.3) is 0 Å².